The maximum absolute atomic E-state index is 12.2. The van der Waals surface area contributed by atoms with Crippen molar-refractivity contribution in [3.8, 4) is 0 Å². The summed E-state index contributed by atoms with van der Waals surface area (Å²) < 4.78 is 0. The van der Waals surface area contributed by atoms with Crippen molar-refractivity contribution in [1.29, 1.82) is 0 Å². The lowest BCUT2D eigenvalue weighted by Crippen LogP contribution is -2.46. The van der Waals surface area contributed by atoms with Crippen LogP contribution < -0.4 is 21.7 Å². The monoisotopic (exact) mass is 311 g/mol. The number of carbonyl (C=O) groups excluding carboxylic acids is 1. The highest BCUT2D eigenvalue weighted by Crippen LogP contribution is 2.30. The van der Waals surface area contributed by atoms with Crippen LogP contribution in [0.4, 0.5) is 10.9 Å². The maximum atomic E-state index is 12.2. The van der Waals surface area contributed by atoms with Gasteiger partial charge in [-0.05, 0) is 25.7 Å². The van der Waals surface area contributed by atoms with Gasteiger partial charge < -0.3 is 26.8 Å². The third-order valence-electron chi connectivity index (χ3n) is 4.11. The van der Waals surface area contributed by atoms with Gasteiger partial charge in [-0.3, -0.25) is 4.79 Å². The third kappa shape index (κ3) is 3.12. The minimum atomic E-state index is -0.290. The predicted molar refractivity (Wildman–Crippen MR) is 82.4 cm³/mol. The van der Waals surface area contributed by atoms with Gasteiger partial charge in [-0.1, -0.05) is 11.3 Å². The summed E-state index contributed by atoms with van der Waals surface area (Å²) in [5.41, 5.74) is 11.8. The Morgan fingerprint density at radius 3 is 2.67 bits per heavy atom. The molecule has 6 N–H and O–H groups in total. The summed E-state index contributed by atoms with van der Waals surface area (Å²) in [4.78, 5) is 19.1. The van der Waals surface area contributed by atoms with Crippen LogP contribution in [0.3, 0.4) is 0 Å². The summed E-state index contributed by atoms with van der Waals surface area (Å²) in [6.45, 7) is 1.70. The fourth-order valence-electron chi connectivity index (χ4n) is 2.67. The van der Waals surface area contributed by atoms with Crippen molar-refractivity contribution in [2.75, 3.05) is 23.7 Å². The normalized spacial score (nSPS) is 26.5. The van der Waals surface area contributed by atoms with Crippen molar-refractivity contribution in [2.24, 2.45) is 5.73 Å². The van der Waals surface area contributed by atoms with Gasteiger partial charge in [0.25, 0.3) is 5.91 Å². The van der Waals surface area contributed by atoms with E-state index in [0.29, 0.717) is 17.7 Å². The molecule has 0 radical (unpaired) electrons. The Bertz CT molecular complexity index is 521. The Hall–Kier alpha value is -1.38. The van der Waals surface area contributed by atoms with E-state index in [0.717, 1.165) is 31.1 Å². The second kappa shape index (κ2) is 5.78. The summed E-state index contributed by atoms with van der Waals surface area (Å²) in [7, 11) is 0. The van der Waals surface area contributed by atoms with Gasteiger partial charge in [0.2, 0.25) is 0 Å². The molecule has 0 unspecified atom stereocenters. The Labute approximate surface area is 127 Å². The number of piperidine rings is 1. The molecule has 0 spiro atoms. The number of nitrogens with zero attached hydrogens (tertiary/aromatic N) is 2. The van der Waals surface area contributed by atoms with E-state index in [2.05, 4.69) is 15.2 Å². The van der Waals surface area contributed by atoms with Gasteiger partial charge in [-0.25, -0.2) is 4.98 Å². The molecule has 2 aliphatic rings. The van der Waals surface area contributed by atoms with E-state index in [9.17, 15) is 9.90 Å². The summed E-state index contributed by atoms with van der Waals surface area (Å²) in [6.07, 6.45) is 2.80. The zero-order valence-corrected chi connectivity index (χ0v) is 12.6. The van der Waals surface area contributed by atoms with Gasteiger partial charge >= 0.3 is 0 Å². The molecule has 3 rings (SSSR count). The van der Waals surface area contributed by atoms with Gasteiger partial charge in [0.05, 0.1) is 6.10 Å². The number of hydrogen-bond acceptors (Lipinski definition) is 7. The molecule has 1 aromatic heterocycles. The topological polar surface area (TPSA) is 118 Å². The average molecular weight is 311 g/mol. The molecule has 1 aliphatic heterocycles. The minimum absolute atomic E-state index is 0.0467. The molecule has 1 aliphatic carbocycles. The van der Waals surface area contributed by atoms with E-state index in [1.54, 1.807) is 0 Å². The van der Waals surface area contributed by atoms with Crippen LogP contribution in [0.15, 0.2) is 0 Å². The van der Waals surface area contributed by atoms with Gasteiger partial charge in [0.1, 0.15) is 10.7 Å². The Balaban J connectivity index is 1.65. The molecule has 21 heavy (non-hydrogen) atoms. The highest BCUT2D eigenvalue weighted by atomic mass is 32.1. The molecule has 1 aromatic rings. The van der Waals surface area contributed by atoms with Crippen molar-refractivity contribution in [2.45, 2.75) is 43.9 Å². The van der Waals surface area contributed by atoms with Crippen molar-refractivity contribution in [3.63, 3.8) is 0 Å². The fraction of sp³-hybridized carbons (Fsp3) is 0.692. The SMILES string of the molecule is Nc1nc(N2CCC(N)CC2)sc1C(=O)NC1CC(O)C1. The predicted octanol–water partition coefficient (Wildman–Crippen LogP) is -0.0941. The molecule has 2 heterocycles. The Morgan fingerprint density at radius 2 is 2.05 bits per heavy atom. The summed E-state index contributed by atoms with van der Waals surface area (Å²) in [5, 5.41) is 12.9. The molecule has 0 atom stereocenters. The zero-order valence-electron chi connectivity index (χ0n) is 11.8. The number of aliphatic hydroxyl groups is 1. The summed E-state index contributed by atoms with van der Waals surface area (Å²) in [5.74, 6) is 0.0871. The van der Waals surface area contributed by atoms with Crippen LogP contribution >= 0.6 is 11.3 Å². The zero-order chi connectivity index (χ0) is 15.0. The van der Waals surface area contributed by atoms with Crippen LogP contribution in [0.5, 0.6) is 0 Å². The van der Waals surface area contributed by atoms with Crippen molar-refractivity contribution in [1.82, 2.24) is 10.3 Å². The number of aliphatic hydroxyl groups excluding tert-OH is 1. The number of hydrogen-bond donors (Lipinski definition) is 4. The highest BCUT2D eigenvalue weighted by molar-refractivity contribution is 7.18. The van der Waals surface area contributed by atoms with Crippen molar-refractivity contribution in [3.05, 3.63) is 4.88 Å². The molecule has 8 heteroatoms. The number of nitrogens with two attached hydrogens (primary N) is 2. The Kier molecular flexibility index (Phi) is 4.01. The number of amides is 1. The first-order chi connectivity index (χ1) is 10.0. The molecule has 1 amide bonds. The average Bonchev–Trinajstić information content (AvgIpc) is 2.80. The second-order valence-corrected chi connectivity index (χ2v) is 6.81. The van der Waals surface area contributed by atoms with Crippen LogP contribution in [0, 0.1) is 0 Å². The van der Waals surface area contributed by atoms with E-state index >= 15 is 0 Å². The lowest BCUT2D eigenvalue weighted by molar-refractivity contribution is 0.0565. The van der Waals surface area contributed by atoms with E-state index in [-0.39, 0.29) is 29.9 Å². The number of thiazole rings is 1. The van der Waals surface area contributed by atoms with E-state index in [1.807, 2.05) is 0 Å². The van der Waals surface area contributed by atoms with Crippen LogP contribution in [0.1, 0.15) is 35.4 Å². The lowest BCUT2D eigenvalue weighted by Gasteiger charge is -2.31. The van der Waals surface area contributed by atoms with Crippen LogP contribution in [-0.2, 0) is 0 Å². The van der Waals surface area contributed by atoms with E-state index in [1.165, 1.54) is 11.3 Å². The minimum Gasteiger partial charge on any atom is -0.393 e. The first kappa shape index (κ1) is 14.6. The molecule has 1 saturated carbocycles. The van der Waals surface area contributed by atoms with Gasteiger partial charge in [-0.2, -0.15) is 0 Å². The third-order valence-corrected chi connectivity index (χ3v) is 5.24. The summed E-state index contributed by atoms with van der Waals surface area (Å²) >= 11 is 1.33. The first-order valence-electron chi connectivity index (χ1n) is 7.28. The second-order valence-electron chi connectivity index (χ2n) is 5.83. The van der Waals surface area contributed by atoms with Crippen molar-refractivity contribution < 1.29 is 9.90 Å². The van der Waals surface area contributed by atoms with E-state index < -0.39 is 0 Å². The molecular formula is C13H21N5O2S. The van der Waals surface area contributed by atoms with Gasteiger partial charge in [-0.15, -0.1) is 0 Å². The molecule has 0 aromatic carbocycles. The molecule has 2 fully saturated rings. The smallest absolute Gasteiger partial charge is 0.265 e. The standard InChI is InChI=1S/C13H21N5O2S/c14-7-1-3-18(4-2-7)13-17-11(15)10(21-13)12(20)16-8-5-9(19)6-8/h7-9,19H,1-6,14-15H2,(H,16,20). The number of carbonyl (C=O) groups is 1. The quantitative estimate of drug-likeness (QED) is 0.619. The van der Waals surface area contributed by atoms with Crippen LogP contribution in [-0.4, -0.2) is 47.3 Å². The van der Waals surface area contributed by atoms with Gasteiger partial charge in [0.15, 0.2) is 5.13 Å². The fourth-order valence-corrected chi connectivity index (χ4v) is 3.61. The van der Waals surface area contributed by atoms with E-state index in [4.69, 9.17) is 11.5 Å². The van der Waals surface area contributed by atoms with Crippen molar-refractivity contribution >= 4 is 28.2 Å². The first-order valence-corrected chi connectivity index (χ1v) is 8.10. The van der Waals surface area contributed by atoms with Crippen LogP contribution in [0.25, 0.3) is 0 Å². The Morgan fingerprint density at radius 1 is 1.38 bits per heavy atom. The summed E-state index contributed by atoms with van der Waals surface area (Å²) in [6, 6.07) is 0.303. The molecule has 116 valence electrons. The molecule has 0 bridgehead atoms. The van der Waals surface area contributed by atoms with Crippen LogP contribution in [0.2, 0.25) is 0 Å². The van der Waals surface area contributed by atoms with Gasteiger partial charge in [0, 0.05) is 25.2 Å². The molecular weight excluding hydrogens is 290 g/mol. The largest absolute Gasteiger partial charge is 0.393 e. The lowest BCUT2D eigenvalue weighted by atomic mass is 9.89. The number of nitrogen functional groups attached to an aromatic ring is 1. The molecule has 1 saturated heterocycles. The molecule has 7 nitrogen and oxygen atoms in total. The number of aromatic nitrogens is 1. The number of anilines is 2. The number of nitrogens with one attached hydrogen (secondary N) is 1. The maximum Gasteiger partial charge on any atom is 0.265 e. The number of rotatable bonds is 3. The highest BCUT2D eigenvalue weighted by Gasteiger charge is 2.30.